The van der Waals surface area contributed by atoms with E-state index < -0.39 is 0 Å². The van der Waals surface area contributed by atoms with Crippen molar-refractivity contribution in [2.45, 2.75) is 26.3 Å². The van der Waals surface area contributed by atoms with E-state index >= 15 is 0 Å². The van der Waals surface area contributed by atoms with Gasteiger partial charge in [0, 0.05) is 29.9 Å². The van der Waals surface area contributed by atoms with Crippen LogP contribution in [-0.4, -0.2) is 28.5 Å². The molecule has 1 amide bonds. The molecule has 0 aliphatic carbocycles. The van der Waals surface area contributed by atoms with Gasteiger partial charge in [0.05, 0.1) is 0 Å². The molecule has 4 rings (SSSR count). The van der Waals surface area contributed by atoms with Crippen molar-refractivity contribution in [2.75, 3.05) is 11.4 Å². The zero-order valence-corrected chi connectivity index (χ0v) is 15.5. The molecule has 0 radical (unpaired) electrons. The zero-order valence-electron chi connectivity index (χ0n) is 15.5. The van der Waals surface area contributed by atoms with Crippen LogP contribution >= 0.6 is 0 Å². The molecule has 1 N–H and O–H groups in total. The van der Waals surface area contributed by atoms with Crippen LogP contribution in [0.1, 0.15) is 29.9 Å². The SMILES string of the molecule is CC(C)NC(=O)c1cc(N2CCc3ccccc32)nc(-c2ccccc2)n1. The number of hydrogen-bond donors (Lipinski definition) is 1. The number of carbonyl (C=O) groups is 1. The van der Waals surface area contributed by atoms with Crippen LogP contribution in [0.5, 0.6) is 0 Å². The predicted molar refractivity (Wildman–Crippen MR) is 107 cm³/mol. The topological polar surface area (TPSA) is 58.1 Å². The van der Waals surface area contributed by atoms with Gasteiger partial charge in [-0.2, -0.15) is 0 Å². The van der Waals surface area contributed by atoms with E-state index in [4.69, 9.17) is 4.98 Å². The number of nitrogens with one attached hydrogen (secondary N) is 1. The van der Waals surface area contributed by atoms with Gasteiger partial charge in [0.2, 0.25) is 0 Å². The monoisotopic (exact) mass is 358 g/mol. The van der Waals surface area contributed by atoms with Crippen LogP contribution in [0, 0.1) is 0 Å². The van der Waals surface area contributed by atoms with Gasteiger partial charge in [-0.3, -0.25) is 4.79 Å². The number of amides is 1. The van der Waals surface area contributed by atoms with Crippen molar-refractivity contribution in [3.05, 3.63) is 71.9 Å². The van der Waals surface area contributed by atoms with Crippen molar-refractivity contribution in [3.8, 4) is 11.4 Å². The average molecular weight is 358 g/mol. The quantitative estimate of drug-likeness (QED) is 0.766. The number of rotatable bonds is 4. The molecule has 2 aromatic carbocycles. The fourth-order valence-corrected chi connectivity index (χ4v) is 3.32. The Kier molecular flexibility index (Phi) is 4.59. The van der Waals surface area contributed by atoms with E-state index in [1.807, 2.05) is 50.2 Å². The van der Waals surface area contributed by atoms with E-state index in [9.17, 15) is 4.79 Å². The number of nitrogens with zero attached hydrogens (tertiary/aromatic N) is 3. The van der Waals surface area contributed by atoms with E-state index in [2.05, 4.69) is 33.4 Å². The lowest BCUT2D eigenvalue weighted by molar-refractivity contribution is 0.0938. The number of para-hydroxylation sites is 1. The summed E-state index contributed by atoms with van der Waals surface area (Å²) in [5.41, 5.74) is 3.72. The molecule has 1 aliphatic heterocycles. The first-order chi connectivity index (χ1) is 13.1. The second-order valence-corrected chi connectivity index (χ2v) is 6.96. The highest BCUT2D eigenvalue weighted by atomic mass is 16.1. The lowest BCUT2D eigenvalue weighted by Crippen LogP contribution is -2.31. The van der Waals surface area contributed by atoms with Crippen molar-refractivity contribution < 1.29 is 4.79 Å². The van der Waals surface area contributed by atoms with Crippen LogP contribution in [0.3, 0.4) is 0 Å². The number of anilines is 2. The van der Waals surface area contributed by atoms with E-state index in [0.717, 1.165) is 30.0 Å². The molecule has 0 atom stereocenters. The fraction of sp³-hybridized carbons (Fsp3) is 0.227. The Labute approximate surface area is 159 Å². The minimum atomic E-state index is -0.182. The van der Waals surface area contributed by atoms with Crippen LogP contribution < -0.4 is 10.2 Å². The molecule has 27 heavy (non-hydrogen) atoms. The third-order valence-corrected chi connectivity index (χ3v) is 4.56. The van der Waals surface area contributed by atoms with Crippen LogP contribution in [-0.2, 0) is 6.42 Å². The first kappa shape index (κ1) is 17.2. The van der Waals surface area contributed by atoms with Crippen LogP contribution in [0.2, 0.25) is 0 Å². The first-order valence-electron chi connectivity index (χ1n) is 9.22. The van der Waals surface area contributed by atoms with Crippen molar-refractivity contribution in [3.63, 3.8) is 0 Å². The highest BCUT2D eigenvalue weighted by Crippen LogP contribution is 2.34. The molecule has 5 heteroatoms. The summed E-state index contributed by atoms with van der Waals surface area (Å²) in [6, 6.07) is 19.9. The third-order valence-electron chi connectivity index (χ3n) is 4.56. The Morgan fingerprint density at radius 1 is 1.04 bits per heavy atom. The molecule has 1 aromatic heterocycles. The molecule has 2 heterocycles. The molecule has 5 nitrogen and oxygen atoms in total. The van der Waals surface area contributed by atoms with E-state index in [-0.39, 0.29) is 11.9 Å². The van der Waals surface area contributed by atoms with Gasteiger partial charge in [-0.25, -0.2) is 9.97 Å². The number of aromatic nitrogens is 2. The number of fused-ring (bicyclic) bond motifs is 1. The largest absolute Gasteiger partial charge is 0.349 e. The lowest BCUT2D eigenvalue weighted by atomic mass is 10.2. The van der Waals surface area contributed by atoms with Crippen LogP contribution in [0.25, 0.3) is 11.4 Å². The molecule has 0 spiro atoms. The van der Waals surface area contributed by atoms with Crippen molar-refractivity contribution in [1.29, 1.82) is 0 Å². The minimum absolute atomic E-state index is 0.0450. The summed E-state index contributed by atoms with van der Waals surface area (Å²) in [6.07, 6.45) is 0.967. The summed E-state index contributed by atoms with van der Waals surface area (Å²) < 4.78 is 0. The van der Waals surface area contributed by atoms with Gasteiger partial charge in [0.1, 0.15) is 11.5 Å². The fourth-order valence-electron chi connectivity index (χ4n) is 3.32. The molecular formula is C22H22N4O. The lowest BCUT2D eigenvalue weighted by Gasteiger charge is -2.20. The summed E-state index contributed by atoms with van der Waals surface area (Å²) in [5.74, 6) is 1.13. The maximum atomic E-state index is 12.6. The maximum Gasteiger partial charge on any atom is 0.270 e. The van der Waals surface area contributed by atoms with Crippen LogP contribution in [0.4, 0.5) is 11.5 Å². The molecule has 1 aliphatic rings. The highest BCUT2D eigenvalue weighted by Gasteiger charge is 2.23. The number of benzene rings is 2. The third kappa shape index (κ3) is 3.53. The molecule has 136 valence electrons. The smallest absolute Gasteiger partial charge is 0.270 e. The Hall–Kier alpha value is -3.21. The Morgan fingerprint density at radius 2 is 1.78 bits per heavy atom. The summed E-state index contributed by atoms with van der Waals surface area (Å²) in [6.45, 7) is 4.72. The normalized spacial score (nSPS) is 12.9. The predicted octanol–water partition coefficient (Wildman–Crippen LogP) is 3.98. The van der Waals surface area contributed by atoms with Gasteiger partial charge in [-0.1, -0.05) is 48.5 Å². The van der Waals surface area contributed by atoms with E-state index in [0.29, 0.717) is 11.5 Å². The van der Waals surface area contributed by atoms with Gasteiger partial charge in [0.25, 0.3) is 5.91 Å². The van der Waals surface area contributed by atoms with E-state index in [1.54, 1.807) is 6.07 Å². The van der Waals surface area contributed by atoms with Gasteiger partial charge in [-0.15, -0.1) is 0 Å². The van der Waals surface area contributed by atoms with Crippen molar-refractivity contribution in [2.24, 2.45) is 0 Å². The highest BCUT2D eigenvalue weighted by molar-refractivity contribution is 5.94. The summed E-state index contributed by atoms with van der Waals surface area (Å²) in [7, 11) is 0. The standard InChI is InChI=1S/C22H22N4O/c1-15(2)23-22(27)18-14-20(25-21(24-18)17-9-4-3-5-10-17)26-13-12-16-8-6-7-11-19(16)26/h3-11,14-15H,12-13H2,1-2H3,(H,23,27). The van der Waals surface area contributed by atoms with Gasteiger partial charge in [0.15, 0.2) is 5.82 Å². The molecule has 0 saturated heterocycles. The Bertz CT molecular complexity index is 969. The summed E-state index contributed by atoms with van der Waals surface area (Å²) in [4.78, 5) is 24.1. The average Bonchev–Trinajstić information content (AvgIpc) is 3.12. The molecule has 0 saturated carbocycles. The van der Waals surface area contributed by atoms with E-state index in [1.165, 1.54) is 5.56 Å². The second-order valence-electron chi connectivity index (χ2n) is 6.96. The second kappa shape index (κ2) is 7.19. The Balaban J connectivity index is 1.80. The van der Waals surface area contributed by atoms with Crippen LogP contribution in [0.15, 0.2) is 60.7 Å². The van der Waals surface area contributed by atoms with Gasteiger partial charge >= 0.3 is 0 Å². The molecule has 0 fully saturated rings. The molecule has 0 unspecified atom stereocenters. The first-order valence-corrected chi connectivity index (χ1v) is 9.22. The van der Waals surface area contributed by atoms with Gasteiger partial charge < -0.3 is 10.2 Å². The molecule has 0 bridgehead atoms. The van der Waals surface area contributed by atoms with Crippen molar-refractivity contribution in [1.82, 2.24) is 15.3 Å². The summed E-state index contributed by atoms with van der Waals surface area (Å²) in [5, 5.41) is 2.93. The number of carbonyl (C=O) groups excluding carboxylic acids is 1. The number of hydrogen-bond acceptors (Lipinski definition) is 4. The minimum Gasteiger partial charge on any atom is -0.349 e. The molecule has 3 aromatic rings. The molecular weight excluding hydrogens is 336 g/mol. The van der Waals surface area contributed by atoms with Crippen molar-refractivity contribution >= 4 is 17.4 Å². The summed E-state index contributed by atoms with van der Waals surface area (Å²) >= 11 is 0. The van der Waals surface area contributed by atoms with Gasteiger partial charge in [-0.05, 0) is 31.9 Å². The Morgan fingerprint density at radius 3 is 2.56 bits per heavy atom. The maximum absolute atomic E-state index is 12.6. The zero-order chi connectivity index (χ0) is 18.8.